The van der Waals surface area contributed by atoms with Crippen LogP contribution in [0, 0.1) is 0 Å². The molecular weight excluding hydrogens is 467 g/mol. The number of hydrogen-bond acceptors (Lipinski definition) is 6. The van der Waals surface area contributed by atoms with Crippen molar-refractivity contribution in [1.82, 2.24) is 25.6 Å². The van der Waals surface area contributed by atoms with Gasteiger partial charge in [0.25, 0.3) is 11.8 Å². The molecule has 0 radical (unpaired) electrons. The van der Waals surface area contributed by atoms with E-state index in [0.29, 0.717) is 18.0 Å². The van der Waals surface area contributed by atoms with Crippen LogP contribution in [0.3, 0.4) is 0 Å². The van der Waals surface area contributed by atoms with E-state index < -0.39 is 24.5 Å². The molecule has 2 aromatic carbocycles. The van der Waals surface area contributed by atoms with Crippen LogP contribution in [-0.2, 0) is 22.7 Å². The molecule has 0 spiro atoms. The standard InChI is InChI=1S/C23H24F3N5O4/c1-34-12-11-27-22(33)20-19(14-35-13-16-5-3-2-4-6-16)31(30-29-20)18-9-7-17(8-10-18)21(32)28-15-23(24,25)26/h2-10H,11-15H2,1H3,(H,27,33)(H,28,32). The molecule has 0 aliphatic heterocycles. The molecule has 0 atom stereocenters. The van der Waals surface area contributed by atoms with E-state index in [1.54, 1.807) is 0 Å². The van der Waals surface area contributed by atoms with E-state index in [-0.39, 0.29) is 31.0 Å². The van der Waals surface area contributed by atoms with Crippen molar-refractivity contribution in [1.29, 1.82) is 0 Å². The molecule has 0 saturated heterocycles. The SMILES string of the molecule is COCCNC(=O)c1nnn(-c2ccc(C(=O)NCC(F)(F)F)cc2)c1COCc1ccccc1. The Morgan fingerprint density at radius 3 is 2.34 bits per heavy atom. The summed E-state index contributed by atoms with van der Waals surface area (Å²) in [4.78, 5) is 24.6. The highest BCUT2D eigenvalue weighted by Gasteiger charge is 2.28. The lowest BCUT2D eigenvalue weighted by atomic mass is 10.2. The molecule has 12 heteroatoms. The van der Waals surface area contributed by atoms with Crippen LogP contribution in [-0.4, -0.2) is 59.8 Å². The number of amides is 2. The molecule has 0 aliphatic rings. The van der Waals surface area contributed by atoms with Gasteiger partial charge in [-0.3, -0.25) is 9.59 Å². The van der Waals surface area contributed by atoms with Gasteiger partial charge in [-0.25, -0.2) is 4.68 Å². The normalized spacial score (nSPS) is 11.3. The molecule has 0 saturated carbocycles. The van der Waals surface area contributed by atoms with Crippen molar-refractivity contribution in [3.05, 3.63) is 77.1 Å². The summed E-state index contributed by atoms with van der Waals surface area (Å²) < 4.78 is 49.2. The zero-order valence-corrected chi connectivity index (χ0v) is 18.8. The first-order valence-electron chi connectivity index (χ1n) is 10.6. The number of ether oxygens (including phenoxy) is 2. The number of carbonyl (C=O) groups excluding carboxylic acids is 2. The molecule has 0 bridgehead atoms. The van der Waals surface area contributed by atoms with E-state index in [1.807, 2.05) is 35.6 Å². The van der Waals surface area contributed by atoms with E-state index in [2.05, 4.69) is 15.6 Å². The van der Waals surface area contributed by atoms with Gasteiger partial charge in [0.05, 0.1) is 25.5 Å². The van der Waals surface area contributed by atoms with Crippen molar-refractivity contribution in [2.24, 2.45) is 0 Å². The van der Waals surface area contributed by atoms with Gasteiger partial charge in [-0.15, -0.1) is 5.10 Å². The predicted octanol–water partition coefficient (Wildman–Crippen LogP) is 2.65. The number of aromatic nitrogens is 3. The quantitative estimate of drug-likeness (QED) is 0.400. The second kappa shape index (κ2) is 12.1. The van der Waals surface area contributed by atoms with E-state index >= 15 is 0 Å². The summed E-state index contributed by atoms with van der Waals surface area (Å²) in [5, 5.41) is 12.5. The molecular formula is C23H24F3N5O4. The maximum Gasteiger partial charge on any atom is 0.405 e. The number of nitrogens with one attached hydrogen (secondary N) is 2. The van der Waals surface area contributed by atoms with Crippen LogP contribution in [0.5, 0.6) is 0 Å². The molecule has 2 amide bonds. The minimum atomic E-state index is -4.51. The monoisotopic (exact) mass is 491 g/mol. The Balaban J connectivity index is 1.79. The van der Waals surface area contributed by atoms with Crippen molar-refractivity contribution in [2.45, 2.75) is 19.4 Å². The summed E-state index contributed by atoms with van der Waals surface area (Å²) >= 11 is 0. The average Bonchev–Trinajstić information content (AvgIpc) is 3.27. The van der Waals surface area contributed by atoms with Gasteiger partial charge in [-0.2, -0.15) is 13.2 Å². The molecule has 2 N–H and O–H groups in total. The molecule has 0 fully saturated rings. The van der Waals surface area contributed by atoms with Crippen molar-refractivity contribution in [3.8, 4) is 5.69 Å². The molecule has 186 valence electrons. The zero-order chi connectivity index (χ0) is 25.3. The van der Waals surface area contributed by atoms with Crippen molar-refractivity contribution in [3.63, 3.8) is 0 Å². The minimum absolute atomic E-state index is 0.00272. The lowest BCUT2D eigenvalue weighted by Crippen LogP contribution is -2.33. The number of halogens is 3. The third-order valence-electron chi connectivity index (χ3n) is 4.74. The Morgan fingerprint density at radius 2 is 1.69 bits per heavy atom. The molecule has 0 aliphatic carbocycles. The second-order valence-corrected chi connectivity index (χ2v) is 7.37. The number of nitrogens with zero attached hydrogens (tertiary/aromatic N) is 3. The van der Waals surface area contributed by atoms with Crippen LogP contribution >= 0.6 is 0 Å². The Bertz CT molecular complexity index is 1120. The topological polar surface area (TPSA) is 107 Å². The Labute approximate surface area is 199 Å². The van der Waals surface area contributed by atoms with E-state index in [0.717, 1.165) is 5.56 Å². The first kappa shape index (κ1) is 25.8. The maximum absolute atomic E-state index is 12.6. The highest BCUT2D eigenvalue weighted by atomic mass is 19.4. The molecule has 1 aromatic heterocycles. The number of alkyl halides is 3. The summed E-state index contributed by atoms with van der Waals surface area (Å²) in [5.41, 5.74) is 1.84. The van der Waals surface area contributed by atoms with Crippen molar-refractivity contribution >= 4 is 11.8 Å². The minimum Gasteiger partial charge on any atom is -0.383 e. The fourth-order valence-corrected chi connectivity index (χ4v) is 3.04. The summed E-state index contributed by atoms with van der Waals surface area (Å²) in [6.07, 6.45) is -4.51. The van der Waals surface area contributed by atoms with Crippen molar-refractivity contribution in [2.75, 3.05) is 26.8 Å². The van der Waals surface area contributed by atoms with Gasteiger partial charge < -0.3 is 20.1 Å². The van der Waals surface area contributed by atoms with Gasteiger partial charge in [0.15, 0.2) is 5.69 Å². The molecule has 35 heavy (non-hydrogen) atoms. The van der Waals surface area contributed by atoms with Crippen LogP contribution in [0.15, 0.2) is 54.6 Å². The van der Waals surface area contributed by atoms with E-state index in [1.165, 1.54) is 36.1 Å². The molecule has 1 heterocycles. The van der Waals surface area contributed by atoms with Crippen LogP contribution in [0.2, 0.25) is 0 Å². The van der Waals surface area contributed by atoms with Gasteiger partial charge in [0.1, 0.15) is 12.2 Å². The van der Waals surface area contributed by atoms with E-state index in [4.69, 9.17) is 9.47 Å². The van der Waals surface area contributed by atoms with Crippen molar-refractivity contribution < 1.29 is 32.2 Å². The summed E-state index contributed by atoms with van der Waals surface area (Å²) in [7, 11) is 1.51. The van der Waals surface area contributed by atoms with Crippen LogP contribution in [0.1, 0.15) is 32.1 Å². The van der Waals surface area contributed by atoms with E-state index in [9.17, 15) is 22.8 Å². The van der Waals surface area contributed by atoms with Gasteiger partial charge in [0.2, 0.25) is 0 Å². The largest absolute Gasteiger partial charge is 0.405 e. The van der Waals surface area contributed by atoms with Gasteiger partial charge >= 0.3 is 6.18 Å². The van der Waals surface area contributed by atoms with Gasteiger partial charge in [0, 0.05) is 19.2 Å². The highest BCUT2D eigenvalue weighted by Crippen LogP contribution is 2.17. The van der Waals surface area contributed by atoms with Crippen LogP contribution in [0.4, 0.5) is 13.2 Å². The Morgan fingerprint density at radius 1 is 0.971 bits per heavy atom. The third-order valence-corrected chi connectivity index (χ3v) is 4.74. The number of methoxy groups -OCH3 is 1. The summed E-state index contributed by atoms with van der Waals surface area (Å²) in [6, 6.07) is 15.1. The second-order valence-electron chi connectivity index (χ2n) is 7.37. The first-order valence-corrected chi connectivity index (χ1v) is 10.6. The molecule has 0 unspecified atom stereocenters. The lowest BCUT2D eigenvalue weighted by Gasteiger charge is -2.11. The predicted molar refractivity (Wildman–Crippen MR) is 119 cm³/mol. The lowest BCUT2D eigenvalue weighted by molar-refractivity contribution is -0.123. The fourth-order valence-electron chi connectivity index (χ4n) is 3.04. The Hall–Kier alpha value is -3.77. The Kier molecular flexibility index (Phi) is 8.92. The first-order chi connectivity index (χ1) is 16.8. The van der Waals surface area contributed by atoms with Gasteiger partial charge in [-0.1, -0.05) is 35.5 Å². The smallest absolute Gasteiger partial charge is 0.383 e. The molecule has 9 nitrogen and oxygen atoms in total. The molecule has 3 aromatic rings. The highest BCUT2D eigenvalue weighted by molar-refractivity contribution is 5.94. The van der Waals surface area contributed by atoms with Gasteiger partial charge in [-0.05, 0) is 29.8 Å². The summed E-state index contributed by atoms with van der Waals surface area (Å²) in [5.74, 6) is -1.33. The summed E-state index contributed by atoms with van der Waals surface area (Å²) in [6.45, 7) is -0.551. The number of rotatable bonds is 11. The third kappa shape index (κ3) is 7.62. The average molecular weight is 491 g/mol. The van der Waals surface area contributed by atoms with Crippen LogP contribution < -0.4 is 10.6 Å². The maximum atomic E-state index is 12.6. The number of carbonyl (C=O) groups is 2. The number of hydrogen-bond donors (Lipinski definition) is 2. The number of benzene rings is 2. The fraction of sp³-hybridized carbons (Fsp3) is 0.304. The zero-order valence-electron chi connectivity index (χ0n) is 18.8. The van der Waals surface area contributed by atoms with Crippen LogP contribution in [0.25, 0.3) is 5.69 Å². The molecule has 3 rings (SSSR count).